The van der Waals surface area contributed by atoms with Crippen LogP contribution in [-0.4, -0.2) is 55.1 Å². The summed E-state index contributed by atoms with van der Waals surface area (Å²) < 4.78 is 0. The number of piperazine rings is 1. The molecule has 0 unspecified atom stereocenters. The maximum absolute atomic E-state index is 13.0. The molecule has 0 spiro atoms. The molecule has 0 N–H and O–H groups in total. The summed E-state index contributed by atoms with van der Waals surface area (Å²) in [6.45, 7) is 9.72. The van der Waals surface area contributed by atoms with Gasteiger partial charge in [0.05, 0.1) is 5.56 Å². The van der Waals surface area contributed by atoms with Gasteiger partial charge in [0, 0.05) is 51.2 Å². The van der Waals surface area contributed by atoms with Crippen molar-refractivity contribution in [3.8, 4) is 0 Å². The smallest absolute Gasteiger partial charge is 0.255 e. The molecule has 4 rings (SSSR count). The van der Waals surface area contributed by atoms with Gasteiger partial charge >= 0.3 is 0 Å². The van der Waals surface area contributed by atoms with Crippen LogP contribution < -0.4 is 9.80 Å². The van der Waals surface area contributed by atoms with Gasteiger partial charge in [-0.25, -0.2) is 4.98 Å². The summed E-state index contributed by atoms with van der Waals surface area (Å²) in [6.07, 6.45) is 6.84. The van der Waals surface area contributed by atoms with Crippen molar-refractivity contribution in [1.82, 2.24) is 9.88 Å². The van der Waals surface area contributed by atoms with Crippen LogP contribution in [-0.2, 0) is 0 Å². The number of hydrogen-bond acceptors (Lipinski definition) is 4. The summed E-state index contributed by atoms with van der Waals surface area (Å²) in [7, 11) is 0. The Labute approximate surface area is 174 Å². The lowest BCUT2D eigenvalue weighted by molar-refractivity contribution is 0.0746. The van der Waals surface area contributed by atoms with Gasteiger partial charge in [-0.3, -0.25) is 4.79 Å². The normalized spacial score (nSPS) is 17.9. The van der Waals surface area contributed by atoms with Gasteiger partial charge in [0.15, 0.2) is 0 Å². The summed E-state index contributed by atoms with van der Waals surface area (Å²) in [6, 6.07) is 10.4. The number of nitrogens with zero attached hydrogens (tertiary/aromatic N) is 4. The number of aromatic nitrogens is 1. The average molecular weight is 393 g/mol. The summed E-state index contributed by atoms with van der Waals surface area (Å²) in [5.74, 6) is 1.10. The van der Waals surface area contributed by atoms with Crippen molar-refractivity contribution in [1.29, 1.82) is 0 Å². The van der Waals surface area contributed by atoms with E-state index in [0.29, 0.717) is 5.56 Å². The number of carbonyl (C=O) groups excluding carboxylic acids is 1. The van der Waals surface area contributed by atoms with E-state index in [4.69, 9.17) is 0 Å². The molecule has 2 aliphatic rings. The molecule has 0 atom stereocenters. The average Bonchev–Trinajstić information content (AvgIpc) is 3.05. The Kier molecular flexibility index (Phi) is 6.02. The molecule has 0 saturated carbocycles. The molecule has 5 nitrogen and oxygen atoms in total. The molecule has 1 aromatic carbocycles. The van der Waals surface area contributed by atoms with Gasteiger partial charge in [-0.15, -0.1) is 0 Å². The molecular weight excluding hydrogens is 360 g/mol. The summed E-state index contributed by atoms with van der Waals surface area (Å²) >= 11 is 0. The maximum atomic E-state index is 13.0. The lowest BCUT2D eigenvalue weighted by Crippen LogP contribution is -2.49. The highest BCUT2D eigenvalue weighted by atomic mass is 16.2. The molecule has 29 heavy (non-hydrogen) atoms. The lowest BCUT2D eigenvalue weighted by atomic mass is 10.1. The number of benzene rings is 1. The van der Waals surface area contributed by atoms with E-state index in [-0.39, 0.29) is 5.91 Å². The van der Waals surface area contributed by atoms with Gasteiger partial charge in [0.2, 0.25) is 0 Å². The minimum atomic E-state index is 0.0977. The molecule has 0 radical (unpaired) electrons. The first kappa shape index (κ1) is 19.7. The Balaban J connectivity index is 1.37. The van der Waals surface area contributed by atoms with Crippen LogP contribution >= 0.6 is 0 Å². The molecule has 2 aromatic rings. The van der Waals surface area contributed by atoms with Crippen LogP contribution in [0.1, 0.15) is 47.2 Å². The highest BCUT2D eigenvalue weighted by Crippen LogP contribution is 2.24. The zero-order valence-electron chi connectivity index (χ0n) is 17.7. The fourth-order valence-corrected chi connectivity index (χ4v) is 4.41. The highest BCUT2D eigenvalue weighted by molar-refractivity contribution is 5.94. The van der Waals surface area contributed by atoms with Crippen molar-refractivity contribution in [3.05, 3.63) is 53.2 Å². The summed E-state index contributed by atoms with van der Waals surface area (Å²) in [5, 5.41) is 0. The molecule has 3 heterocycles. The predicted molar refractivity (Wildman–Crippen MR) is 119 cm³/mol. The van der Waals surface area contributed by atoms with Gasteiger partial charge in [0.1, 0.15) is 5.82 Å². The zero-order chi connectivity index (χ0) is 20.2. The summed E-state index contributed by atoms with van der Waals surface area (Å²) in [5.41, 5.74) is 4.64. The fraction of sp³-hybridized carbons (Fsp3) is 0.500. The van der Waals surface area contributed by atoms with Crippen molar-refractivity contribution in [3.63, 3.8) is 0 Å². The molecule has 2 saturated heterocycles. The van der Waals surface area contributed by atoms with Crippen LogP contribution in [0.25, 0.3) is 0 Å². The Morgan fingerprint density at radius 3 is 2.21 bits per heavy atom. The van der Waals surface area contributed by atoms with Crippen LogP contribution in [0.5, 0.6) is 0 Å². The van der Waals surface area contributed by atoms with Crippen molar-refractivity contribution in [2.75, 3.05) is 49.1 Å². The van der Waals surface area contributed by atoms with Crippen LogP contribution in [0.3, 0.4) is 0 Å². The SMILES string of the molecule is Cc1cccc(N2CCN(C(=O)c3ccc(N4CCCCCC4)nc3)CC2)c1C. The largest absolute Gasteiger partial charge is 0.368 e. The zero-order valence-corrected chi connectivity index (χ0v) is 17.7. The molecular formula is C24H32N4O. The van der Waals surface area contributed by atoms with E-state index in [1.807, 2.05) is 17.0 Å². The Morgan fingerprint density at radius 1 is 0.828 bits per heavy atom. The van der Waals surface area contributed by atoms with E-state index in [1.54, 1.807) is 6.20 Å². The fourth-order valence-electron chi connectivity index (χ4n) is 4.41. The second-order valence-electron chi connectivity index (χ2n) is 8.30. The topological polar surface area (TPSA) is 39.7 Å². The Hall–Kier alpha value is -2.56. The van der Waals surface area contributed by atoms with Gasteiger partial charge in [-0.1, -0.05) is 25.0 Å². The molecule has 1 aromatic heterocycles. The van der Waals surface area contributed by atoms with Crippen molar-refractivity contribution in [2.45, 2.75) is 39.5 Å². The van der Waals surface area contributed by atoms with Crippen LogP contribution in [0.15, 0.2) is 36.5 Å². The number of aryl methyl sites for hydroxylation is 1. The van der Waals surface area contributed by atoms with Gasteiger partial charge in [-0.2, -0.15) is 0 Å². The Morgan fingerprint density at radius 2 is 1.55 bits per heavy atom. The van der Waals surface area contributed by atoms with Gasteiger partial charge < -0.3 is 14.7 Å². The van der Waals surface area contributed by atoms with E-state index >= 15 is 0 Å². The van der Waals surface area contributed by atoms with Gasteiger partial charge in [0.25, 0.3) is 5.91 Å². The highest BCUT2D eigenvalue weighted by Gasteiger charge is 2.23. The third-order valence-corrected chi connectivity index (χ3v) is 6.41. The molecule has 0 bridgehead atoms. The molecule has 154 valence electrons. The number of amides is 1. The second kappa shape index (κ2) is 8.85. The van der Waals surface area contributed by atoms with E-state index in [1.165, 1.54) is 42.5 Å². The van der Waals surface area contributed by atoms with Gasteiger partial charge in [-0.05, 0) is 56.0 Å². The first-order valence-electron chi connectivity index (χ1n) is 10.9. The second-order valence-corrected chi connectivity index (χ2v) is 8.30. The minimum absolute atomic E-state index is 0.0977. The third-order valence-electron chi connectivity index (χ3n) is 6.41. The number of anilines is 2. The molecule has 1 amide bonds. The molecule has 5 heteroatoms. The van der Waals surface area contributed by atoms with E-state index in [2.05, 4.69) is 46.8 Å². The molecule has 2 fully saturated rings. The lowest BCUT2D eigenvalue weighted by Gasteiger charge is -2.37. The van der Waals surface area contributed by atoms with E-state index in [9.17, 15) is 4.79 Å². The van der Waals surface area contributed by atoms with Crippen molar-refractivity contribution in [2.24, 2.45) is 0 Å². The first-order chi connectivity index (χ1) is 14.1. The van der Waals surface area contributed by atoms with Crippen LogP contribution in [0.4, 0.5) is 11.5 Å². The van der Waals surface area contributed by atoms with Crippen LogP contribution in [0.2, 0.25) is 0 Å². The van der Waals surface area contributed by atoms with E-state index < -0.39 is 0 Å². The maximum Gasteiger partial charge on any atom is 0.255 e. The molecule has 0 aliphatic carbocycles. The standard InChI is InChI=1S/C24H32N4O/c1-19-8-7-9-22(20(19)2)26-14-16-28(17-15-26)24(29)21-10-11-23(25-18-21)27-12-5-3-4-6-13-27/h7-11,18H,3-6,12-17H2,1-2H3. The van der Waals surface area contributed by atoms with Crippen molar-refractivity contribution >= 4 is 17.4 Å². The number of carbonyl (C=O) groups is 1. The molecule has 2 aliphatic heterocycles. The summed E-state index contributed by atoms with van der Waals surface area (Å²) in [4.78, 5) is 24.3. The van der Waals surface area contributed by atoms with E-state index in [0.717, 1.165) is 45.1 Å². The quantitative estimate of drug-likeness (QED) is 0.790. The first-order valence-corrected chi connectivity index (χ1v) is 10.9. The van der Waals surface area contributed by atoms with Crippen molar-refractivity contribution < 1.29 is 4.79 Å². The number of hydrogen-bond donors (Lipinski definition) is 0. The number of pyridine rings is 1. The third kappa shape index (κ3) is 4.39. The monoisotopic (exact) mass is 392 g/mol. The minimum Gasteiger partial charge on any atom is -0.368 e. The predicted octanol–water partition coefficient (Wildman–Crippen LogP) is 4.04. The number of rotatable bonds is 3. The Bertz CT molecular complexity index is 832. The van der Waals surface area contributed by atoms with Crippen LogP contribution in [0, 0.1) is 13.8 Å².